The van der Waals surface area contributed by atoms with Crippen LogP contribution in [0.4, 0.5) is 0 Å². The van der Waals surface area contributed by atoms with Crippen LogP contribution in [0.1, 0.15) is 27.2 Å². The summed E-state index contributed by atoms with van der Waals surface area (Å²) in [6.07, 6.45) is 0. The fourth-order valence-corrected chi connectivity index (χ4v) is 3.08. The van der Waals surface area contributed by atoms with Crippen LogP contribution in [-0.4, -0.2) is 43.3 Å². The van der Waals surface area contributed by atoms with Gasteiger partial charge >= 0.3 is 0 Å². The maximum atomic E-state index is 13.0. The number of carbonyl (C=O) groups excluding carboxylic acids is 1. The van der Waals surface area contributed by atoms with Gasteiger partial charge in [-0.2, -0.15) is 0 Å². The van der Waals surface area contributed by atoms with E-state index in [0.29, 0.717) is 42.5 Å². The molecule has 0 N–H and O–H groups in total. The first-order valence-electron chi connectivity index (χ1n) is 9.47. The third-order valence-corrected chi connectivity index (χ3v) is 4.76. The number of hydrogen-bond donors (Lipinski definition) is 0. The van der Waals surface area contributed by atoms with Crippen molar-refractivity contribution in [1.82, 2.24) is 10.1 Å². The maximum Gasteiger partial charge on any atom is 0.254 e. The van der Waals surface area contributed by atoms with Crippen LogP contribution in [0, 0.1) is 13.8 Å². The molecule has 29 heavy (non-hydrogen) atoms. The van der Waals surface area contributed by atoms with Gasteiger partial charge in [0.25, 0.3) is 5.91 Å². The van der Waals surface area contributed by atoms with Crippen LogP contribution in [-0.2, 0) is 11.3 Å². The highest BCUT2D eigenvalue weighted by Gasteiger charge is 2.19. The number of benzene rings is 2. The van der Waals surface area contributed by atoms with Crippen LogP contribution in [0.5, 0.6) is 5.75 Å². The fourth-order valence-electron chi connectivity index (χ4n) is 3.08. The van der Waals surface area contributed by atoms with Gasteiger partial charge in [-0.1, -0.05) is 22.9 Å². The lowest BCUT2D eigenvalue weighted by Gasteiger charge is -2.21. The number of methoxy groups -OCH3 is 2. The lowest BCUT2D eigenvalue weighted by atomic mass is 10.0. The average Bonchev–Trinajstić information content (AvgIpc) is 3.20. The van der Waals surface area contributed by atoms with E-state index in [0.717, 1.165) is 16.7 Å². The maximum absolute atomic E-state index is 13.0. The molecule has 0 radical (unpaired) electrons. The summed E-state index contributed by atoms with van der Waals surface area (Å²) in [5.41, 5.74) is 4.55. The number of aromatic nitrogens is 1. The molecule has 0 unspecified atom stereocenters. The van der Waals surface area contributed by atoms with Crippen molar-refractivity contribution in [3.8, 4) is 17.1 Å². The molecule has 2 aromatic carbocycles. The summed E-state index contributed by atoms with van der Waals surface area (Å²) < 4.78 is 15.9. The molecule has 6 nitrogen and oxygen atoms in total. The molecule has 0 atom stereocenters. The molecule has 1 amide bonds. The van der Waals surface area contributed by atoms with Crippen molar-refractivity contribution < 1.29 is 18.8 Å². The zero-order valence-electron chi connectivity index (χ0n) is 17.3. The number of ether oxygens (including phenoxy) is 2. The fraction of sp³-hybridized carbons (Fsp3) is 0.304. The Kier molecular flexibility index (Phi) is 6.67. The molecule has 0 aliphatic heterocycles. The number of carbonyl (C=O) groups is 1. The largest absolute Gasteiger partial charge is 0.497 e. The molecular weight excluding hydrogens is 368 g/mol. The standard InChI is InChI=1S/C23H26N2O4/c1-16-5-6-17(2)21(13-16)22-14-19(24-29-22)15-25(11-12-27-3)23(26)18-7-9-20(28-4)10-8-18/h5-10,13-14H,11-12,15H2,1-4H3. The topological polar surface area (TPSA) is 64.8 Å². The smallest absolute Gasteiger partial charge is 0.254 e. The quantitative estimate of drug-likeness (QED) is 0.571. The Morgan fingerprint density at radius 1 is 1.07 bits per heavy atom. The normalized spacial score (nSPS) is 10.8. The highest BCUT2D eigenvalue weighted by atomic mass is 16.5. The molecule has 0 bridgehead atoms. The van der Waals surface area contributed by atoms with Gasteiger partial charge in [-0.3, -0.25) is 4.79 Å². The molecule has 0 fully saturated rings. The number of hydrogen-bond acceptors (Lipinski definition) is 5. The Morgan fingerprint density at radius 3 is 2.52 bits per heavy atom. The van der Waals surface area contributed by atoms with Crippen molar-refractivity contribution in [2.24, 2.45) is 0 Å². The molecular formula is C23H26N2O4. The van der Waals surface area contributed by atoms with Gasteiger partial charge in [0.2, 0.25) is 0 Å². The Bertz CT molecular complexity index is 963. The van der Waals surface area contributed by atoms with Gasteiger partial charge in [0.1, 0.15) is 11.4 Å². The summed E-state index contributed by atoms with van der Waals surface area (Å²) in [5, 5.41) is 4.18. The van der Waals surface area contributed by atoms with E-state index in [1.165, 1.54) is 0 Å². The lowest BCUT2D eigenvalue weighted by Crippen LogP contribution is -2.33. The second-order valence-corrected chi connectivity index (χ2v) is 6.95. The SMILES string of the molecule is COCCN(Cc1cc(-c2cc(C)ccc2C)on1)C(=O)c1ccc(OC)cc1. The first-order chi connectivity index (χ1) is 14.0. The van der Waals surface area contributed by atoms with Gasteiger partial charge in [-0.25, -0.2) is 0 Å². The minimum Gasteiger partial charge on any atom is -0.497 e. The molecule has 0 spiro atoms. The van der Waals surface area contributed by atoms with Crippen LogP contribution in [0.15, 0.2) is 53.1 Å². The molecule has 3 aromatic rings. The van der Waals surface area contributed by atoms with Crippen LogP contribution in [0.2, 0.25) is 0 Å². The molecule has 3 rings (SSSR count). The van der Waals surface area contributed by atoms with Crippen LogP contribution in [0.3, 0.4) is 0 Å². The van der Waals surface area contributed by atoms with Gasteiger partial charge in [-0.05, 0) is 49.7 Å². The highest BCUT2D eigenvalue weighted by Crippen LogP contribution is 2.26. The zero-order chi connectivity index (χ0) is 20.8. The number of rotatable bonds is 8. The van der Waals surface area contributed by atoms with Gasteiger partial charge < -0.3 is 18.9 Å². The Morgan fingerprint density at radius 2 is 1.83 bits per heavy atom. The number of nitrogens with zero attached hydrogens (tertiary/aromatic N) is 2. The van der Waals surface area contributed by atoms with E-state index in [9.17, 15) is 4.79 Å². The van der Waals surface area contributed by atoms with E-state index >= 15 is 0 Å². The minimum absolute atomic E-state index is 0.0963. The number of amides is 1. The summed E-state index contributed by atoms with van der Waals surface area (Å²) in [6.45, 7) is 5.30. The van der Waals surface area contributed by atoms with Crippen LogP contribution < -0.4 is 4.74 Å². The van der Waals surface area contributed by atoms with Crippen molar-refractivity contribution >= 4 is 5.91 Å². The molecule has 0 saturated heterocycles. The summed E-state index contributed by atoms with van der Waals surface area (Å²) in [6, 6.07) is 15.2. The molecule has 0 aliphatic rings. The zero-order valence-corrected chi connectivity index (χ0v) is 17.3. The van der Waals surface area contributed by atoms with Crippen LogP contribution >= 0.6 is 0 Å². The second-order valence-electron chi connectivity index (χ2n) is 6.95. The van der Waals surface area contributed by atoms with E-state index in [-0.39, 0.29) is 5.91 Å². The van der Waals surface area contributed by atoms with Crippen molar-refractivity contribution in [1.29, 1.82) is 0 Å². The summed E-state index contributed by atoms with van der Waals surface area (Å²) in [7, 11) is 3.21. The third-order valence-electron chi connectivity index (χ3n) is 4.76. The lowest BCUT2D eigenvalue weighted by molar-refractivity contribution is 0.0676. The monoisotopic (exact) mass is 394 g/mol. The second kappa shape index (κ2) is 9.39. The molecule has 1 heterocycles. The molecule has 6 heteroatoms. The van der Waals surface area contributed by atoms with E-state index < -0.39 is 0 Å². The first-order valence-corrected chi connectivity index (χ1v) is 9.47. The molecule has 0 saturated carbocycles. The minimum atomic E-state index is -0.0963. The van der Waals surface area contributed by atoms with Crippen LogP contribution in [0.25, 0.3) is 11.3 Å². The molecule has 0 aliphatic carbocycles. The van der Waals surface area contributed by atoms with Crippen molar-refractivity contribution in [3.63, 3.8) is 0 Å². The van der Waals surface area contributed by atoms with Gasteiger partial charge in [0, 0.05) is 30.8 Å². The molecule has 152 valence electrons. The average molecular weight is 394 g/mol. The predicted octanol–water partition coefficient (Wildman–Crippen LogP) is 4.26. The Labute approximate surface area is 171 Å². The van der Waals surface area contributed by atoms with E-state index in [2.05, 4.69) is 23.4 Å². The predicted molar refractivity (Wildman–Crippen MR) is 111 cm³/mol. The first kappa shape index (κ1) is 20.6. The Hall–Kier alpha value is -3.12. The van der Waals surface area contributed by atoms with E-state index in [1.807, 2.05) is 19.9 Å². The highest BCUT2D eigenvalue weighted by molar-refractivity contribution is 5.94. The summed E-state index contributed by atoms with van der Waals surface area (Å²) in [5.74, 6) is 1.31. The van der Waals surface area contributed by atoms with Gasteiger partial charge in [-0.15, -0.1) is 0 Å². The van der Waals surface area contributed by atoms with E-state index in [1.54, 1.807) is 43.4 Å². The summed E-state index contributed by atoms with van der Waals surface area (Å²) >= 11 is 0. The van der Waals surface area contributed by atoms with Crippen molar-refractivity contribution in [3.05, 3.63) is 70.9 Å². The number of aryl methyl sites for hydroxylation is 2. The Balaban J connectivity index is 1.80. The molecule has 1 aromatic heterocycles. The van der Waals surface area contributed by atoms with E-state index in [4.69, 9.17) is 14.0 Å². The van der Waals surface area contributed by atoms with Crippen molar-refractivity contribution in [2.75, 3.05) is 27.4 Å². The van der Waals surface area contributed by atoms with Gasteiger partial charge in [0.05, 0.1) is 20.3 Å². The van der Waals surface area contributed by atoms with Gasteiger partial charge in [0.15, 0.2) is 5.76 Å². The summed E-state index contributed by atoms with van der Waals surface area (Å²) in [4.78, 5) is 14.7. The van der Waals surface area contributed by atoms with Crippen molar-refractivity contribution in [2.45, 2.75) is 20.4 Å². The third kappa shape index (κ3) is 5.03.